The number of urea groups is 1. The van der Waals surface area contributed by atoms with Crippen LogP contribution in [0, 0.1) is 25.6 Å². The highest BCUT2D eigenvalue weighted by Crippen LogP contribution is 2.52. The van der Waals surface area contributed by atoms with Gasteiger partial charge in [0.2, 0.25) is 0 Å². The number of hydrazone groups is 1. The minimum absolute atomic E-state index is 0.140. The fraction of sp³-hybridized carbons (Fsp3) is 0.160. The molecule has 1 unspecified atom stereocenters. The van der Waals surface area contributed by atoms with Crippen molar-refractivity contribution in [2.45, 2.75) is 19.0 Å². The third-order valence-corrected chi connectivity index (χ3v) is 6.73. The molecule has 0 radical (unpaired) electrons. The molecule has 0 aromatic heterocycles. The maximum absolute atomic E-state index is 14.3. The lowest BCUT2D eigenvalue weighted by atomic mass is 9.65. The van der Waals surface area contributed by atoms with E-state index >= 15 is 0 Å². The van der Waals surface area contributed by atoms with Crippen LogP contribution in [0.2, 0.25) is 0 Å². The summed E-state index contributed by atoms with van der Waals surface area (Å²) < 4.78 is 0. The molecule has 3 aromatic rings. The number of hydrogen-bond acceptors (Lipinski definition) is 7. The van der Waals surface area contributed by atoms with Crippen molar-refractivity contribution in [3.63, 3.8) is 0 Å². The summed E-state index contributed by atoms with van der Waals surface area (Å²) in [6.07, 6.45) is 0. The maximum Gasteiger partial charge on any atom is 0.315 e. The second-order valence-electron chi connectivity index (χ2n) is 8.69. The van der Waals surface area contributed by atoms with Gasteiger partial charge < -0.3 is 10.6 Å². The molecule has 1 saturated heterocycles. The predicted octanol–water partition coefficient (Wildman–Crippen LogP) is 4.01. The molecule has 2 heterocycles. The van der Waals surface area contributed by atoms with Crippen LogP contribution in [0.15, 0.2) is 84.0 Å². The molecule has 0 aliphatic carbocycles. The molecule has 37 heavy (non-hydrogen) atoms. The second kappa shape index (κ2) is 8.82. The third kappa shape index (κ3) is 3.75. The van der Waals surface area contributed by atoms with Gasteiger partial charge in [-0.05, 0) is 30.2 Å². The Morgan fingerprint density at radius 3 is 1.68 bits per heavy atom. The monoisotopic (exact) mass is 500 g/mol. The Morgan fingerprint density at radius 2 is 1.24 bits per heavy atom. The molecule has 186 valence electrons. The lowest BCUT2D eigenvalue weighted by molar-refractivity contribution is -0.385. The van der Waals surface area contributed by atoms with E-state index in [1.807, 2.05) is 0 Å². The molecule has 3 atom stereocenters. The summed E-state index contributed by atoms with van der Waals surface area (Å²) in [6.45, 7) is 1.68. The highest BCUT2D eigenvalue weighted by molar-refractivity contribution is 6.20. The molecule has 2 N–H and O–H groups in total. The van der Waals surface area contributed by atoms with Gasteiger partial charge in [-0.1, -0.05) is 42.5 Å². The largest absolute Gasteiger partial charge is 0.330 e. The Labute approximate surface area is 209 Å². The van der Waals surface area contributed by atoms with Gasteiger partial charge in [0, 0.05) is 24.3 Å². The number of nitrogens with zero attached hydrogens (tertiary/aromatic N) is 4. The standard InChI is InChI=1S/C25H20N6O6/c1-15-25(23(32)29(28-15)18-5-3-2-4-6-18)21(16-7-11-19(12-8-16)30(34)35)26-24(33)27-22(25)17-9-13-20(14-10-17)31(36)37/h2-14,21-22H,1H3,(H2,26,27,33)/t21-,22+,25?. The fourth-order valence-corrected chi connectivity index (χ4v) is 4.98. The van der Waals surface area contributed by atoms with Gasteiger partial charge in [0.1, 0.15) is 5.41 Å². The van der Waals surface area contributed by atoms with Gasteiger partial charge in [-0.2, -0.15) is 10.1 Å². The number of carbonyl (C=O) groups excluding carboxylic acids is 2. The summed E-state index contributed by atoms with van der Waals surface area (Å²) in [4.78, 5) is 48.5. The Hall–Kier alpha value is -5.13. The SMILES string of the molecule is CC1=NN(c2ccccc2)C(=O)C12[C@@H](c1ccc([N+](=O)[O-])cc1)NC(=O)N[C@H]2c1ccc([N+](=O)[O-])cc1. The zero-order valence-corrected chi connectivity index (χ0v) is 19.4. The molecule has 2 aliphatic heterocycles. The summed E-state index contributed by atoms with van der Waals surface area (Å²) in [5.74, 6) is -0.435. The van der Waals surface area contributed by atoms with E-state index in [0.29, 0.717) is 22.5 Å². The van der Waals surface area contributed by atoms with E-state index < -0.39 is 39.3 Å². The van der Waals surface area contributed by atoms with Crippen LogP contribution in [0.1, 0.15) is 30.1 Å². The number of rotatable bonds is 5. The van der Waals surface area contributed by atoms with Crippen LogP contribution in [0.5, 0.6) is 0 Å². The van der Waals surface area contributed by atoms with Gasteiger partial charge in [0.15, 0.2) is 0 Å². The topological polar surface area (TPSA) is 160 Å². The smallest absolute Gasteiger partial charge is 0.315 e. The molecule has 2 aliphatic rings. The first-order valence-corrected chi connectivity index (χ1v) is 11.2. The van der Waals surface area contributed by atoms with E-state index in [0.717, 1.165) is 0 Å². The molecule has 1 spiro atoms. The van der Waals surface area contributed by atoms with E-state index in [4.69, 9.17) is 0 Å². The van der Waals surface area contributed by atoms with Crippen molar-refractivity contribution in [3.8, 4) is 0 Å². The highest BCUT2D eigenvalue weighted by Gasteiger charge is 2.63. The van der Waals surface area contributed by atoms with E-state index in [-0.39, 0.29) is 11.4 Å². The number of benzene rings is 3. The third-order valence-electron chi connectivity index (χ3n) is 6.73. The Bertz CT molecular complexity index is 1370. The van der Waals surface area contributed by atoms with Crippen molar-refractivity contribution in [2.75, 3.05) is 5.01 Å². The number of hydrogen-bond donors (Lipinski definition) is 2. The fourth-order valence-electron chi connectivity index (χ4n) is 4.98. The molecule has 1 fully saturated rings. The Morgan fingerprint density at radius 1 is 0.784 bits per heavy atom. The molecular formula is C25H20N6O6. The highest BCUT2D eigenvalue weighted by atomic mass is 16.6. The van der Waals surface area contributed by atoms with Crippen LogP contribution < -0.4 is 15.6 Å². The van der Waals surface area contributed by atoms with Crippen LogP contribution in [-0.2, 0) is 4.79 Å². The number of amides is 3. The average molecular weight is 500 g/mol. The van der Waals surface area contributed by atoms with Crippen molar-refractivity contribution in [1.82, 2.24) is 10.6 Å². The van der Waals surface area contributed by atoms with Gasteiger partial charge in [0.25, 0.3) is 17.3 Å². The molecule has 12 nitrogen and oxygen atoms in total. The van der Waals surface area contributed by atoms with Crippen LogP contribution in [0.25, 0.3) is 0 Å². The number of non-ortho nitro benzene ring substituents is 2. The van der Waals surface area contributed by atoms with E-state index in [2.05, 4.69) is 15.7 Å². The van der Waals surface area contributed by atoms with Crippen molar-refractivity contribution in [2.24, 2.45) is 10.5 Å². The number of para-hydroxylation sites is 1. The number of nitro benzene ring substituents is 2. The summed E-state index contributed by atoms with van der Waals surface area (Å²) in [7, 11) is 0. The average Bonchev–Trinajstić information content (AvgIpc) is 3.16. The zero-order valence-electron chi connectivity index (χ0n) is 19.4. The van der Waals surface area contributed by atoms with Gasteiger partial charge in [-0.25, -0.2) is 4.79 Å². The van der Waals surface area contributed by atoms with Gasteiger partial charge in [-0.3, -0.25) is 25.0 Å². The molecule has 0 bridgehead atoms. The van der Waals surface area contributed by atoms with Crippen molar-refractivity contribution < 1.29 is 19.4 Å². The van der Waals surface area contributed by atoms with Crippen LogP contribution >= 0.6 is 0 Å². The number of nitrogens with one attached hydrogen (secondary N) is 2. The summed E-state index contributed by atoms with van der Waals surface area (Å²) >= 11 is 0. The molecule has 0 saturated carbocycles. The van der Waals surface area contributed by atoms with E-state index in [9.17, 15) is 29.8 Å². The molecule has 3 aromatic carbocycles. The quantitative estimate of drug-likeness (QED) is 0.398. The minimum atomic E-state index is -1.49. The first-order valence-electron chi connectivity index (χ1n) is 11.2. The first kappa shape index (κ1) is 23.6. The Balaban J connectivity index is 1.69. The lowest BCUT2D eigenvalue weighted by Gasteiger charge is -2.46. The zero-order chi connectivity index (χ0) is 26.3. The molecule has 3 amide bonds. The number of carbonyl (C=O) groups is 2. The van der Waals surface area contributed by atoms with Crippen molar-refractivity contribution >= 4 is 34.7 Å². The number of nitro groups is 2. The van der Waals surface area contributed by atoms with E-state index in [1.165, 1.54) is 53.5 Å². The van der Waals surface area contributed by atoms with Crippen LogP contribution in [-0.4, -0.2) is 27.5 Å². The normalized spacial score (nSPS) is 22.8. The molecular weight excluding hydrogens is 480 g/mol. The molecule has 12 heteroatoms. The van der Waals surface area contributed by atoms with Gasteiger partial charge in [0.05, 0.1) is 33.3 Å². The minimum Gasteiger partial charge on any atom is -0.330 e. The summed E-state index contributed by atoms with van der Waals surface area (Å²) in [6, 6.07) is 17.5. The van der Waals surface area contributed by atoms with Gasteiger partial charge in [-0.15, -0.1) is 0 Å². The second-order valence-corrected chi connectivity index (χ2v) is 8.69. The maximum atomic E-state index is 14.3. The lowest BCUT2D eigenvalue weighted by Crippen LogP contribution is -2.63. The first-order chi connectivity index (χ1) is 17.7. The predicted molar refractivity (Wildman–Crippen MR) is 133 cm³/mol. The van der Waals surface area contributed by atoms with Crippen molar-refractivity contribution in [3.05, 3.63) is 110 Å². The number of anilines is 1. The van der Waals surface area contributed by atoms with Crippen molar-refractivity contribution in [1.29, 1.82) is 0 Å². The van der Waals surface area contributed by atoms with Crippen LogP contribution in [0.4, 0.5) is 21.9 Å². The summed E-state index contributed by atoms with van der Waals surface area (Å²) in [5.41, 5.74) is 0.0650. The molecule has 5 rings (SSSR count). The summed E-state index contributed by atoms with van der Waals surface area (Å²) in [5, 5.41) is 33.9. The van der Waals surface area contributed by atoms with Gasteiger partial charge >= 0.3 is 6.03 Å². The van der Waals surface area contributed by atoms with E-state index in [1.54, 1.807) is 37.3 Å². The van der Waals surface area contributed by atoms with Crippen LogP contribution in [0.3, 0.4) is 0 Å². The Kier molecular flexibility index (Phi) is 5.63.